The fraction of sp³-hybridized carbons (Fsp3) is 0.579. The standard InChI is InChI=1S/C19H27NO3/c1-4-23-18(22)13-19(20-11-9-15(3)21)10-5-6-16-8-7-14(2)12-17(16)19/h7-8,12,20H,4-6,9-11,13H2,1-3H3. The second-order valence-electron chi connectivity index (χ2n) is 6.46. The molecule has 0 saturated carbocycles. The molecule has 1 aliphatic carbocycles. The first-order chi connectivity index (χ1) is 11.0. The summed E-state index contributed by atoms with van der Waals surface area (Å²) in [4.78, 5) is 23.5. The largest absolute Gasteiger partial charge is 0.466 e. The molecule has 4 heteroatoms. The Labute approximate surface area is 138 Å². The summed E-state index contributed by atoms with van der Waals surface area (Å²) in [7, 11) is 0. The van der Waals surface area contributed by atoms with Crippen molar-refractivity contribution in [3.63, 3.8) is 0 Å². The van der Waals surface area contributed by atoms with Gasteiger partial charge in [-0.25, -0.2) is 0 Å². The molecule has 23 heavy (non-hydrogen) atoms. The number of carbonyl (C=O) groups is 2. The van der Waals surface area contributed by atoms with Crippen molar-refractivity contribution in [2.45, 2.75) is 58.4 Å². The van der Waals surface area contributed by atoms with Gasteiger partial charge in [-0.3, -0.25) is 9.59 Å². The van der Waals surface area contributed by atoms with E-state index in [2.05, 4.69) is 30.4 Å². The van der Waals surface area contributed by atoms with Crippen molar-refractivity contribution >= 4 is 11.8 Å². The van der Waals surface area contributed by atoms with Crippen LogP contribution in [0.4, 0.5) is 0 Å². The Balaban J connectivity index is 2.32. The molecule has 126 valence electrons. The quantitative estimate of drug-likeness (QED) is 0.785. The van der Waals surface area contributed by atoms with Gasteiger partial charge in [0, 0.05) is 13.0 Å². The van der Waals surface area contributed by atoms with Gasteiger partial charge in [-0.2, -0.15) is 0 Å². The zero-order valence-corrected chi connectivity index (χ0v) is 14.4. The highest BCUT2D eigenvalue weighted by Crippen LogP contribution is 2.38. The highest BCUT2D eigenvalue weighted by Gasteiger charge is 2.38. The van der Waals surface area contributed by atoms with E-state index in [1.54, 1.807) is 6.92 Å². The topological polar surface area (TPSA) is 55.4 Å². The number of Topliss-reactive ketones (excluding diaryl/α,β-unsaturated/α-hetero) is 1. The van der Waals surface area contributed by atoms with E-state index in [1.807, 2.05) is 6.92 Å². The molecule has 1 aliphatic rings. The van der Waals surface area contributed by atoms with Crippen LogP contribution < -0.4 is 5.32 Å². The number of fused-ring (bicyclic) bond motifs is 1. The molecule has 1 aromatic rings. The summed E-state index contributed by atoms with van der Waals surface area (Å²) >= 11 is 0. The number of aryl methyl sites for hydroxylation is 2. The molecular weight excluding hydrogens is 290 g/mol. The van der Waals surface area contributed by atoms with Gasteiger partial charge in [0.15, 0.2) is 0 Å². The number of hydrogen-bond donors (Lipinski definition) is 1. The number of esters is 1. The van der Waals surface area contributed by atoms with Crippen molar-refractivity contribution < 1.29 is 14.3 Å². The molecule has 0 saturated heterocycles. The summed E-state index contributed by atoms with van der Waals surface area (Å²) < 4.78 is 5.20. The Hall–Kier alpha value is -1.68. The van der Waals surface area contributed by atoms with Crippen LogP contribution in [0.25, 0.3) is 0 Å². The SMILES string of the molecule is CCOC(=O)CC1(NCCC(C)=O)CCCc2ccc(C)cc21. The fourth-order valence-electron chi connectivity index (χ4n) is 3.44. The van der Waals surface area contributed by atoms with Crippen LogP contribution in [0, 0.1) is 6.92 Å². The minimum Gasteiger partial charge on any atom is -0.466 e. The third-order valence-corrected chi connectivity index (χ3v) is 4.52. The number of hydrogen-bond acceptors (Lipinski definition) is 4. The predicted molar refractivity (Wildman–Crippen MR) is 90.3 cm³/mol. The Bertz CT molecular complexity index is 582. The Morgan fingerprint density at radius 1 is 1.35 bits per heavy atom. The summed E-state index contributed by atoms with van der Waals surface area (Å²) in [6.45, 7) is 6.47. The van der Waals surface area contributed by atoms with Gasteiger partial charge in [0.05, 0.1) is 18.6 Å². The zero-order chi connectivity index (χ0) is 16.9. The van der Waals surface area contributed by atoms with E-state index < -0.39 is 5.54 Å². The second-order valence-corrected chi connectivity index (χ2v) is 6.46. The molecule has 0 heterocycles. The van der Waals surface area contributed by atoms with Gasteiger partial charge < -0.3 is 10.1 Å². The molecule has 0 bridgehead atoms. The molecular formula is C19H27NO3. The summed E-state index contributed by atoms with van der Waals surface area (Å²) in [5.41, 5.74) is 3.26. The van der Waals surface area contributed by atoms with E-state index in [1.165, 1.54) is 16.7 Å². The van der Waals surface area contributed by atoms with Gasteiger partial charge in [-0.05, 0) is 51.2 Å². The lowest BCUT2D eigenvalue weighted by atomic mass is 9.74. The summed E-state index contributed by atoms with van der Waals surface area (Å²) in [6.07, 6.45) is 3.75. The van der Waals surface area contributed by atoms with Crippen LogP contribution in [0.15, 0.2) is 18.2 Å². The molecule has 1 N–H and O–H groups in total. The first-order valence-corrected chi connectivity index (χ1v) is 8.47. The lowest BCUT2D eigenvalue weighted by Crippen LogP contribution is -2.47. The highest BCUT2D eigenvalue weighted by molar-refractivity contribution is 5.75. The van der Waals surface area contributed by atoms with Crippen LogP contribution in [0.2, 0.25) is 0 Å². The van der Waals surface area contributed by atoms with Crippen LogP contribution in [0.3, 0.4) is 0 Å². The van der Waals surface area contributed by atoms with Gasteiger partial charge in [-0.1, -0.05) is 23.8 Å². The maximum absolute atomic E-state index is 12.2. The van der Waals surface area contributed by atoms with Gasteiger partial charge in [0.2, 0.25) is 0 Å². The molecule has 0 radical (unpaired) electrons. The van der Waals surface area contributed by atoms with E-state index in [0.717, 1.165) is 19.3 Å². The minimum absolute atomic E-state index is 0.157. The van der Waals surface area contributed by atoms with Crippen LogP contribution in [-0.4, -0.2) is 24.9 Å². The van der Waals surface area contributed by atoms with Crippen molar-refractivity contribution in [3.05, 3.63) is 34.9 Å². The monoisotopic (exact) mass is 317 g/mol. The van der Waals surface area contributed by atoms with E-state index in [0.29, 0.717) is 26.0 Å². The number of ketones is 1. The van der Waals surface area contributed by atoms with Crippen LogP contribution in [0.5, 0.6) is 0 Å². The fourth-order valence-corrected chi connectivity index (χ4v) is 3.44. The number of benzene rings is 1. The molecule has 4 nitrogen and oxygen atoms in total. The van der Waals surface area contributed by atoms with Crippen LogP contribution >= 0.6 is 0 Å². The highest BCUT2D eigenvalue weighted by atomic mass is 16.5. The number of carbonyl (C=O) groups excluding carboxylic acids is 2. The zero-order valence-electron chi connectivity index (χ0n) is 14.4. The third kappa shape index (κ3) is 4.41. The normalized spacial score (nSPS) is 20.0. The van der Waals surface area contributed by atoms with Crippen molar-refractivity contribution in [1.82, 2.24) is 5.32 Å². The molecule has 0 amide bonds. The van der Waals surface area contributed by atoms with E-state index in [-0.39, 0.29) is 11.8 Å². The van der Waals surface area contributed by atoms with E-state index in [4.69, 9.17) is 4.74 Å². The average molecular weight is 317 g/mol. The number of ether oxygens (including phenoxy) is 1. The molecule has 0 fully saturated rings. The summed E-state index contributed by atoms with van der Waals surface area (Å²) in [5.74, 6) is -0.0266. The molecule has 0 spiro atoms. The smallest absolute Gasteiger partial charge is 0.308 e. The van der Waals surface area contributed by atoms with Crippen LogP contribution in [-0.2, 0) is 26.3 Å². The Morgan fingerprint density at radius 3 is 2.83 bits per heavy atom. The Kier molecular flexibility index (Phi) is 5.94. The first-order valence-electron chi connectivity index (χ1n) is 8.47. The Morgan fingerprint density at radius 2 is 2.13 bits per heavy atom. The van der Waals surface area contributed by atoms with Crippen LogP contribution in [0.1, 0.15) is 56.2 Å². The van der Waals surface area contributed by atoms with Crippen molar-refractivity contribution in [3.8, 4) is 0 Å². The second kappa shape index (κ2) is 7.73. The lowest BCUT2D eigenvalue weighted by molar-refractivity contribution is -0.145. The average Bonchev–Trinajstić information content (AvgIpc) is 2.48. The van der Waals surface area contributed by atoms with Gasteiger partial charge in [0.1, 0.15) is 5.78 Å². The van der Waals surface area contributed by atoms with E-state index >= 15 is 0 Å². The number of nitrogens with one attached hydrogen (secondary N) is 1. The minimum atomic E-state index is -0.415. The molecule has 2 rings (SSSR count). The molecule has 0 aromatic heterocycles. The lowest BCUT2D eigenvalue weighted by Gasteiger charge is -2.40. The summed E-state index contributed by atoms with van der Waals surface area (Å²) in [5, 5.41) is 3.52. The first kappa shape index (κ1) is 17.7. The van der Waals surface area contributed by atoms with Crippen molar-refractivity contribution in [1.29, 1.82) is 0 Å². The number of rotatable bonds is 7. The maximum Gasteiger partial charge on any atom is 0.308 e. The van der Waals surface area contributed by atoms with Gasteiger partial charge in [0.25, 0.3) is 0 Å². The van der Waals surface area contributed by atoms with Gasteiger partial charge >= 0.3 is 5.97 Å². The molecule has 1 atom stereocenters. The van der Waals surface area contributed by atoms with Gasteiger partial charge in [-0.15, -0.1) is 0 Å². The predicted octanol–water partition coefficient (Wildman–Crippen LogP) is 3.05. The molecule has 1 unspecified atom stereocenters. The summed E-state index contributed by atoms with van der Waals surface area (Å²) in [6, 6.07) is 6.46. The van der Waals surface area contributed by atoms with E-state index in [9.17, 15) is 9.59 Å². The maximum atomic E-state index is 12.2. The van der Waals surface area contributed by atoms with Crippen molar-refractivity contribution in [2.24, 2.45) is 0 Å². The molecule has 1 aromatic carbocycles. The van der Waals surface area contributed by atoms with Crippen molar-refractivity contribution in [2.75, 3.05) is 13.2 Å². The molecule has 0 aliphatic heterocycles. The third-order valence-electron chi connectivity index (χ3n) is 4.52.